The Morgan fingerprint density at radius 2 is 2.16 bits per heavy atom. The second kappa shape index (κ2) is 5.27. The first-order valence-electron chi connectivity index (χ1n) is 6.30. The lowest BCUT2D eigenvalue weighted by atomic mass is 9.93. The van der Waals surface area contributed by atoms with Crippen molar-refractivity contribution in [1.82, 2.24) is 0 Å². The van der Waals surface area contributed by atoms with Crippen molar-refractivity contribution in [2.75, 3.05) is 6.61 Å². The molecule has 0 amide bonds. The largest absolute Gasteiger partial charge is 0.389 e. The van der Waals surface area contributed by atoms with Crippen LogP contribution in [0.5, 0.6) is 0 Å². The van der Waals surface area contributed by atoms with Crippen LogP contribution in [-0.2, 0) is 20.8 Å². The Bertz CT molecular complexity index is 472. The number of nitriles is 1. The lowest BCUT2D eigenvalue weighted by Gasteiger charge is -2.34. The van der Waals surface area contributed by atoms with Gasteiger partial charge in [0.15, 0.2) is 6.29 Å². The van der Waals surface area contributed by atoms with E-state index >= 15 is 0 Å². The predicted octanol–water partition coefficient (Wildman–Crippen LogP) is 0.828. The molecule has 0 spiro atoms. The van der Waals surface area contributed by atoms with Crippen LogP contribution in [0, 0.1) is 17.2 Å². The molecule has 5 nitrogen and oxygen atoms in total. The minimum Gasteiger partial charge on any atom is -0.389 e. The standard InChI is InChI=1S/C14H15NO4/c15-6-10-12(16)13(11-8-18-14(10)19-11)17-7-9-4-2-1-3-5-9/h1-5,10-14,16H,7-8H2/t10-,11-,12-,13-,14-/m1/s1. The number of hydrogen-bond acceptors (Lipinski definition) is 5. The Labute approximate surface area is 111 Å². The molecule has 2 aliphatic heterocycles. The molecule has 0 aliphatic carbocycles. The Hall–Kier alpha value is -1.45. The van der Waals surface area contributed by atoms with Crippen LogP contribution in [0.1, 0.15) is 5.56 Å². The predicted molar refractivity (Wildman–Crippen MR) is 64.7 cm³/mol. The SMILES string of the molecule is N#C[C@H]1[C@@H]2OC[C@@H](O2)[C@@H](OCc2ccccc2)[C@@H]1O. The summed E-state index contributed by atoms with van der Waals surface area (Å²) in [7, 11) is 0. The van der Waals surface area contributed by atoms with E-state index in [9.17, 15) is 5.11 Å². The third-order valence-electron chi connectivity index (χ3n) is 3.53. The molecule has 0 radical (unpaired) electrons. The fourth-order valence-electron chi connectivity index (χ4n) is 2.50. The third kappa shape index (κ3) is 2.36. The summed E-state index contributed by atoms with van der Waals surface area (Å²) < 4.78 is 16.6. The van der Waals surface area contributed by atoms with Crippen molar-refractivity contribution in [3.05, 3.63) is 35.9 Å². The Morgan fingerprint density at radius 3 is 2.89 bits per heavy atom. The Morgan fingerprint density at radius 1 is 1.37 bits per heavy atom. The summed E-state index contributed by atoms with van der Waals surface area (Å²) in [4.78, 5) is 0. The normalized spacial score (nSPS) is 36.9. The van der Waals surface area contributed by atoms with E-state index in [2.05, 4.69) is 0 Å². The summed E-state index contributed by atoms with van der Waals surface area (Å²) in [6, 6.07) is 11.7. The van der Waals surface area contributed by atoms with Crippen LogP contribution in [-0.4, -0.2) is 36.3 Å². The first-order valence-corrected chi connectivity index (χ1v) is 6.30. The smallest absolute Gasteiger partial charge is 0.176 e. The van der Waals surface area contributed by atoms with E-state index in [0.717, 1.165) is 5.56 Å². The van der Waals surface area contributed by atoms with Gasteiger partial charge in [-0.25, -0.2) is 0 Å². The molecular formula is C14H15NO4. The molecule has 5 heteroatoms. The van der Waals surface area contributed by atoms with Gasteiger partial charge in [0.05, 0.1) is 19.3 Å². The minimum atomic E-state index is -0.875. The molecule has 0 saturated carbocycles. The lowest BCUT2D eigenvalue weighted by Crippen LogP contribution is -2.51. The number of aliphatic hydroxyl groups is 1. The van der Waals surface area contributed by atoms with Gasteiger partial charge in [-0.15, -0.1) is 0 Å². The quantitative estimate of drug-likeness (QED) is 0.872. The third-order valence-corrected chi connectivity index (χ3v) is 3.53. The molecular weight excluding hydrogens is 246 g/mol. The highest BCUT2D eigenvalue weighted by molar-refractivity contribution is 5.13. The van der Waals surface area contributed by atoms with Crippen LogP contribution in [0.4, 0.5) is 0 Å². The van der Waals surface area contributed by atoms with Crippen LogP contribution in [0.3, 0.4) is 0 Å². The highest BCUT2D eigenvalue weighted by atomic mass is 16.7. The molecule has 5 atom stereocenters. The zero-order valence-electron chi connectivity index (χ0n) is 10.3. The Kier molecular flexibility index (Phi) is 3.49. The van der Waals surface area contributed by atoms with Crippen molar-refractivity contribution in [1.29, 1.82) is 5.26 Å². The molecule has 2 saturated heterocycles. The molecule has 2 heterocycles. The molecule has 1 N–H and O–H groups in total. The highest BCUT2D eigenvalue weighted by Crippen LogP contribution is 2.34. The summed E-state index contributed by atoms with van der Waals surface area (Å²) >= 11 is 0. The van der Waals surface area contributed by atoms with Gasteiger partial charge in [-0.3, -0.25) is 0 Å². The van der Waals surface area contributed by atoms with E-state index in [4.69, 9.17) is 19.5 Å². The molecule has 0 aromatic heterocycles. The average molecular weight is 261 g/mol. The molecule has 100 valence electrons. The van der Waals surface area contributed by atoms with Crippen molar-refractivity contribution in [2.24, 2.45) is 5.92 Å². The molecule has 0 unspecified atom stereocenters. The summed E-state index contributed by atoms with van der Waals surface area (Å²) in [5, 5.41) is 19.2. The van der Waals surface area contributed by atoms with Crippen LogP contribution in [0.15, 0.2) is 30.3 Å². The summed E-state index contributed by atoms with van der Waals surface area (Å²) in [6.07, 6.45) is -2.32. The number of aliphatic hydroxyl groups excluding tert-OH is 1. The number of fused-ring (bicyclic) bond motifs is 2. The van der Waals surface area contributed by atoms with Gasteiger partial charge < -0.3 is 19.3 Å². The van der Waals surface area contributed by atoms with Crippen molar-refractivity contribution in [2.45, 2.75) is 31.2 Å². The van der Waals surface area contributed by atoms with Crippen LogP contribution in [0.2, 0.25) is 0 Å². The first-order chi connectivity index (χ1) is 9.29. The van der Waals surface area contributed by atoms with E-state index in [0.29, 0.717) is 13.2 Å². The van der Waals surface area contributed by atoms with Gasteiger partial charge in [0.25, 0.3) is 0 Å². The van der Waals surface area contributed by atoms with Crippen LogP contribution in [0.25, 0.3) is 0 Å². The van der Waals surface area contributed by atoms with Crippen molar-refractivity contribution < 1.29 is 19.3 Å². The zero-order valence-corrected chi connectivity index (χ0v) is 10.3. The number of ether oxygens (including phenoxy) is 3. The zero-order chi connectivity index (χ0) is 13.2. The van der Waals surface area contributed by atoms with E-state index in [1.54, 1.807) is 0 Å². The van der Waals surface area contributed by atoms with Crippen molar-refractivity contribution >= 4 is 0 Å². The second-order valence-electron chi connectivity index (χ2n) is 4.78. The topological polar surface area (TPSA) is 71.7 Å². The van der Waals surface area contributed by atoms with Crippen LogP contribution < -0.4 is 0 Å². The van der Waals surface area contributed by atoms with E-state index in [-0.39, 0.29) is 6.10 Å². The average Bonchev–Trinajstić information content (AvgIpc) is 2.86. The monoisotopic (exact) mass is 261 g/mol. The maximum Gasteiger partial charge on any atom is 0.176 e. The van der Waals surface area contributed by atoms with Gasteiger partial charge in [-0.2, -0.15) is 5.26 Å². The molecule has 1 aromatic rings. The second-order valence-corrected chi connectivity index (χ2v) is 4.78. The highest BCUT2D eigenvalue weighted by Gasteiger charge is 2.51. The van der Waals surface area contributed by atoms with Crippen molar-refractivity contribution in [3.63, 3.8) is 0 Å². The summed E-state index contributed by atoms with van der Waals surface area (Å²) in [5.74, 6) is -0.695. The maximum absolute atomic E-state index is 10.2. The fourth-order valence-corrected chi connectivity index (χ4v) is 2.50. The van der Waals surface area contributed by atoms with Gasteiger partial charge in [0, 0.05) is 0 Å². The first kappa shape index (κ1) is 12.6. The van der Waals surface area contributed by atoms with Gasteiger partial charge in [0.1, 0.15) is 24.2 Å². The minimum absolute atomic E-state index is 0.298. The number of benzene rings is 1. The lowest BCUT2D eigenvalue weighted by molar-refractivity contribution is -0.205. The molecule has 19 heavy (non-hydrogen) atoms. The fraction of sp³-hybridized carbons (Fsp3) is 0.500. The van der Waals surface area contributed by atoms with Gasteiger partial charge in [-0.1, -0.05) is 30.3 Å². The molecule has 1 aromatic carbocycles. The molecule has 2 bridgehead atoms. The van der Waals surface area contributed by atoms with Gasteiger partial charge in [0.2, 0.25) is 0 Å². The number of hydrogen-bond donors (Lipinski definition) is 1. The number of rotatable bonds is 3. The van der Waals surface area contributed by atoms with Gasteiger partial charge >= 0.3 is 0 Å². The maximum atomic E-state index is 10.2. The van der Waals surface area contributed by atoms with E-state index in [1.165, 1.54) is 0 Å². The molecule has 3 rings (SSSR count). The van der Waals surface area contributed by atoms with Crippen LogP contribution >= 0.6 is 0 Å². The van der Waals surface area contributed by atoms with Crippen molar-refractivity contribution in [3.8, 4) is 6.07 Å². The summed E-state index contributed by atoms with van der Waals surface area (Å²) in [5.41, 5.74) is 1.02. The Balaban J connectivity index is 1.68. The van der Waals surface area contributed by atoms with E-state index in [1.807, 2.05) is 36.4 Å². The molecule has 2 aliphatic rings. The molecule has 2 fully saturated rings. The van der Waals surface area contributed by atoms with Gasteiger partial charge in [-0.05, 0) is 5.56 Å². The summed E-state index contributed by atoms with van der Waals surface area (Å²) in [6.45, 7) is 0.741. The number of nitrogens with zero attached hydrogens (tertiary/aromatic N) is 1. The van der Waals surface area contributed by atoms with E-state index < -0.39 is 24.4 Å².